The van der Waals surface area contributed by atoms with E-state index in [-0.39, 0.29) is 5.60 Å². The van der Waals surface area contributed by atoms with Gasteiger partial charge in [0.1, 0.15) is 0 Å². The first kappa shape index (κ1) is 15.3. The van der Waals surface area contributed by atoms with Crippen molar-refractivity contribution in [3.8, 4) is 0 Å². The lowest BCUT2D eigenvalue weighted by Gasteiger charge is -2.45. The van der Waals surface area contributed by atoms with Crippen LogP contribution < -0.4 is 11.3 Å². The zero-order valence-electron chi connectivity index (χ0n) is 12.8. The van der Waals surface area contributed by atoms with Gasteiger partial charge in [-0.1, -0.05) is 51.9 Å². The number of hydrogen-bond donors (Lipinski definition) is 2. The monoisotopic (exact) mass is 268 g/mol. The van der Waals surface area contributed by atoms with Gasteiger partial charge in [-0.05, 0) is 31.1 Å². The van der Waals surface area contributed by atoms with Crippen LogP contribution in [0.25, 0.3) is 0 Å². The molecule has 0 heterocycles. The van der Waals surface area contributed by atoms with E-state index in [0.717, 1.165) is 24.7 Å². The molecule has 0 aromatic rings. The molecule has 0 aliphatic heterocycles. The number of hydrazine groups is 1. The van der Waals surface area contributed by atoms with Crippen molar-refractivity contribution < 1.29 is 4.74 Å². The number of methoxy groups -OCH3 is 1. The second kappa shape index (κ2) is 7.05. The summed E-state index contributed by atoms with van der Waals surface area (Å²) in [6.45, 7) is 2.35. The van der Waals surface area contributed by atoms with Crippen molar-refractivity contribution in [1.29, 1.82) is 0 Å². The lowest BCUT2D eigenvalue weighted by atomic mass is 9.71. The molecular weight excluding hydrogens is 236 g/mol. The van der Waals surface area contributed by atoms with Crippen LogP contribution in [0.1, 0.15) is 71.1 Å². The van der Waals surface area contributed by atoms with Crippen molar-refractivity contribution in [3.63, 3.8) is 0 Å². The topological polar surface area (TPSA) is 47.3 Å². The Hall–Kier alpha value is -0.120. The number of rotatable bonds is 5. The van der Waals surface area contributed by atoms with E-state index in [2.05, 4.69) is 12.3 Å². The van der Waals surface area contributed by atoms with Crippen molar-refractivity contribution >= 4 is 0 Å². The molecule has 2 aliphatic carbocycles. The third kappa shape index (κ3) is 3.71. The van der Waals surface area contributed by atoms with Crippen LogP contribution in [0, 0.1) is 11.8 Å². The van der Waals surface area contributed by atoms with Crippen molar-refractivity contribution in [1.82, 2.24) is 5.43 Å². The molecule has 19 heavy (non-hydrogen) atoms. The number of nitrogens with two attached hydrogens (primary N) is 1. The molecule has 2 aliphatic rings. The van der Waals surface area contributed by atoms with Crippen molar-refractivity contribution in [2.75, 3.05) is 7.11 Å². The van der Waals surface area contributed by atoms with Gasteiger partial charge in [0.25, 0.3) is 0 Å². The molecule has 3 atom stereocenters. The minimum atomic E-state index is -0.0239. The van der Waals surface area contributed by atoms with E-state index < -0.39 is 0 Å². The Bertz CT molecular complexity index is 265. The van der Waals surface area contributed by atoms with Gasteiger partial charge in [-0.25, -0.2) is 0 Å². The normalized spacial score (nSPS) is 35.2. The minimum Gasteiger partial charge on any atom is -0.377 e. The van der Waals surface area contributed by atoms with Gasteiger partial charge in [-0.15, -0.1) is 0 Å². The molecule has 0 spiro atoms. The Morgan fingerprint density at radius 2 is 1.95 bits per heavy atom. The predicted molar refractivity (Wildman–Crippen MR) is 79.7 cm³/mol. The fourth-order valence-electron chi connectivity index (χ4n) is 4.38. The largest absolute Gasteiger partial charge is 0.377 e. The molecule has 0 aromatic carbocycles. The summed E-state index contributed by atoms with van der Waals surface area (Å²) < 4.78 is 6.00. The first-order valence-corrected chi connectivity index (χ1v) is 8.21. The Morgan fingerprint density at radius 1 is 1.21 bits per heavy atom. The first-order chi connectivity index (χ1) is 9.20. The van der Waals surface area contributed by atoms with E-state index >= 15 is 0 Å². The lowest BCUT2D eigenvalue weighted by Crippen LogP contribution is -2.57. The molecule has 3 unspecified atom stereocenters. The molecule has 3 heteroatoms. The minimum absolute atomic E-state index is 0.0239. The van der Waals surface area contributed by atoms with E-state index in [4.69, 9.17) is 10.6 Å². The molecule has 0 amide bonds. The molecular formula is C16H32N2O. The van der Waals surface area contributed by atoms with Crippen LogP contribution in [0.15, 0.2) is 0 Å². The first-order valence-electron chi connectivity index (χ1n) is 8.21. The van der Waals surface area contributed by atoms with Crippen LogP contribution in [0.4, 0.5) is 0 Å². The van der Waals surface area contributed by atoms with Crippen LogP contribution >= 0.6 is 0 Å². The zero-order chi connectivity index (χ0) is 13.7. The highest BCUT2D eigenvalue weighted by Crippen LogP contribution is 2.40. The Labute approximate surface area is 118 Å². The van der Waals surface area contributed by atoms with Gasteiger partial charge < -0.3 is 4.74 Å². The van der Waals surface area contributed by atoms with Gasteiger partial charge >= 0.3 is 0 Å². The Kier molecular flexibility index (Phi) is 5.67. The highest BCUT2D eigenvalue weighted by atomic mass is 16.5. The number of ether oxygens (including phenoxy) is 1. The predicted octanol–water partition coefficient (Wildman–Crippen LogP) is 3.38. The van der Waals surface area contributed by atoms with Crippen LogP contribution in [0.2, 0.25) is 0 Å². The second-order valence-electron chi connectivity index (χ2n) is 6.93. The van der Waals surface area contributed by atoms with Crippen molar-refractivity contribution in [2.45, 2.75) is 82.8 Å². The fourth-order valence-corrected chi connectivity index (χ4v) is 4.38. The molecule has 112 valence electrons. The maximum absolute atomic E-state index is 6.00. The van der Waals surface area contributed by atoms with Gasteiger partial charge in [-0.2, -0.15) is 0 Å². The van der Waals surface area contributed by atoms with Crippen LogP contribution in [0.5, 0.6) is 0 Å². The second-order valence-corrected chi connectivity index (χ2v) is 6.93. The summed E-state index contributed by atoms with van der Waals surface area (Å²) in [4.78, 5) is 0. The number of nitrogens with one attached hydrogen (secondary N) is 1. The zero-order valence-corrected chi connectivity index (χ0v) is 12.8. The molecule has 2 fully saturated rings. The van der Waals surface area contributed by atoms with Gasteiger partial charge in [0, 0.05) is 7.11 Å². The van der Waals surface area contributed by atoms with Crippen LogP contribution in [-0.2, 0) is 4.74 Å². The standard InChI is InChI=1S/C16H32N2O/c1-13-7-6-10-16(12-13,19-2)15(18-17)11-14-8-4-3-5-9-14/h13-15,18H,3-12,17H2,1-2H3. The molecule has 0 saturated heterocycles. The summed E-state index contributed by atoms with van der Waals surface area (Å²) in [5.74, 6) is 7.50. The summed E-state index contributed by atoms with van der Waals surface area (Å²) >= 11 is 0. The summed E-state index contributed by atoms with van der Waals surface area (Å²) in [5, 5.41) is 0. The maximum Gasteiger partial charge on any atom is 0.0847 e. The highest BCUT2D eigenvalue weighted by Gasteiger charge is 2.42. The van der Waals surface area contributed by atoms with E-state index in [1.807, 2.05) is 7.11 Å². The van der Waals surface area contributed by atoms with Crippen LogP contribution in [-0.4, -0.2) is 18.8 Å². The highest BCUT2D eigenvalue weighted by molar-refractivity contribution is 4.97. The SMILES string of the molecule is COC1(C(CC2CCCCC2)NN)CCCC(C)C1. The number of hydrogen-bond acceptors (Lipinski definition) is 3. The third-order valence-electron chi connectivity index (χ3n) is 5.53. The summed E-state index contributed by atoms with van der Waals surface area (Å²) in [7, 11) is 1.88. The molecule has 2 saturated carbocycles. The molecule has 0 aromatic heterocycles. The lowest BCUT2D eigenvalue weighted by molar-refractivity contribution is -0.0848. The average molecular weight is 268 g/mol. The maximum atomic E-state index is 6.00. The van der Waals surface area contributed by atoms with Gasteiger partial charge in [0.2, 0.25) is 0 Å². The molecule has 3 nitrogen and oxygen atoms in total. The molecule has 0 radical (unpaired) electrons. The summed E-state index contributed by atoms with van der Waals surface area (Å²) in [5.41, 5.74) is 3.08. The van der Waals surface area contributed by atoms with Crippen molar-refractivity contribution in [3.05, 3.63) is 0 Å². The van der Waals surface area contributed by atoms with Gasteiger partial charge in [0.15, 0.2) is 0 Å². The van der Waals surface area contributed by atoms with E-state index in [1.165, 1.54) is 51.4 Å². The van der Waals surface area contributed by atoms with Crippen molar-refractivity contribution in [2.24, 2.45) is 17.7 Å². The van der Waals surface area contributed by atoms with Gasteiger partial charge in [-0.3, -0.25) is 11.3 Å². The molecule has 3 N–H and O–H groups in total. The van der Waals surface area contributed by atoms with E-state index in [9.17, 15) is 0 Å². The van der Waals surface area contributed by atoms with Gasteiger partial charge in [0.05, 0.1) is 11.6 Å². The summed E-state index contributed by atoms with van der Waals surface area (Å²) in [6, 6.07) is 0.323. The van der Waals surface area contributed by atoms with Crippen LogP contribution in [0.3, 0.4) is 0 Å². The molecule has 2 rings (SSSR count). The summed E-state index contributed by atoms with van der Waals surface area (Å²) in [6.07, 6.45) is 13.1. The fraction of sp³-hybridized carbons (Fsp3) is 1.00. The molecule has 0 bridgehead atoms. The Morgan fingerprint density at radius 3 is 2.53 bits per heavy atom. The smallest absolute Gasteiger partial charge is 0.0847 e. The Balaban J connectivity index is 2.00. The quantitative estimate of drug-likeness (QED) is 0.593. The van der Waals surface area contributed by atoms with E-state index in [0.29, 0.717) is 6.04 Å². The van der Waals surface area contributed by atoms with E-state index in [1.54, 1.807) is 0 Å². The average Bonchev–Trinajstić information content (AvgIpc) is 2.45. The third-order valence-corrected chi connectivity index (χ3v) is 5.53.